The molecule has 3 aromatic rings. The van der Waals surface area contributed by atoms with E-state index in [1.54, 1.807) is 0 Å². The first-order valence-electron chi connectivity index (χ1n) is 10.9. The molecule has 0 aliphatic heterocycles. The van der Waals surface area contributed by atoms with Crippen molar-refractivity contribution < 1.29 is 14.2 Å². The van der Waals surface area contributed by atoms with Crippen LogP contribution in [0.4, 0.5) is 0 Å². The molecule has 0 heterocycles. The zero-order chi connectivity index (χ0) is 24.2. The average molecular weight is 441 g/mol. The van der Waals surface area contributed by atoms with Crippen molar-refractivity contribution >= 4 is 0 Å². The molecule has 0 fully saturated rings. The van der Waals surface area contributed by atoms with Crippen LogP contribution < -0.4 is 14.2 Å². The second-order valence-electron chi connectivity index (χ2n) is 8.38. The summed E-state index contributed by atoms with van der Waals surface area (Å²) in [5, 5.41) is 0. The smallest absolute Gasteiger partial charge is 0.132 e. The van der Waals surface area contributed by atoms with Crippen LogP contribution in [0.1, 0.15) is 45.9 Å². The molecule has 0 aromatic heterocycles. The number of hydrogen-bond donors (Lipinski definition) is 0. The van der Waals surface area contributed by atoms with E-state index in [1.807, 2.05) is 12.1 Å². The molecular formula is C30H32O3. The number of ether oxygens (including phenoxy) is 3. The highest BCUT2D eigenvalue weighted by Crippen LogP contribution is 2.43. The Morgan fingerprint density at radius 1 is 0.576 bits per heavy atom. The topological polar surface area (TPSA) is 27.7 Å². The molecule has 3 nitrogen and oxygen atoms in total. The summed E-state index contributed by atoms with van der Waals surface area (Å²) < 4.78 is 16.8. The van der Waals surface area contributed by atoms with E-state index in [1.165, 1.54) is 29.9 Å². The van der Waals surface area contributed by atoms with Gasteiger partial charge in [0.2, 0.25) is 0 Å². The van der Waals surface area contributed by atoms with Gasteiger partial charge in [-0.1, -0.05) is 56.1 Å². The molecule has 170 valence electrons. The Kier molecular flexibility index (Phi) is 7.13. The Labute approximate surface area is 197 Å². The van der Waals surface area contributed by atoms with Gasteiger partial charge in [-0.15, -0.1) is 0 Å². The Bertz CT molecular complexity index is 1070. The van der Waals surface area contributed by atoms with Gasteiger partial charge in [-0.2, -0.15) is 0 Å². The SMILES string of the molecule is C=COc1ccc(C(C)(c2cc(C)c(OC=C)c(C)c2)c2cc(C)c(OC=C)c(C)c2)cc1. The molecule has 0 radical (unpaired) electrons. The van der Waals surface area contributed by atoms with Crippen LogP contribution in [0.3, 0.4) is 0 Å². The van der Waals surface area contributed by atoms with E-state index in [0.717, 1.165) is 45.1 Å². The van der Waals surface area contributed by atoms with Crippen LogP contribution in [0, 0.1) is 27.7 Å². The third kappa shape index (κ3) is 4.58. The summed E-state index contributed by atoms with van der Waals surface area (Å²) in [5.41, 5.74) is 7.28. The lowest BCUT2D eigenvalue weighted by Gasteiger charge is -2.34. The average Bonchev–Trinajstić information content (AvgIpc) is 2.78. The van der Waals surface area contributed by atoms with Crippen molar-refractivity contribution in [2.45, 2.75) is 40.0 Å². The summed E-state index contributed by atoms with van der Waals surface area (Å²) in [7, 11) is 0. The van der Waals surface area contributed by atoms with Crippen LogP contribution in [-0.2, 0) is 5.41 Å². The monoisotopic (exact) mass is 440 g/mol. The van der Waals surface area contributed by atoms with Crippen LogP contribution in [0.25, 0.3) is 0 Å². The first kappa shape index (κ1) is 23.9. The Balaban J connectivity index is 2.29. The summed E-state index contributed by atoms with van der Waals surface area (Å²) in [6.45, 7) is 21.6. The molecule has 0 amide bonds. The standard InChI is InChI=1S/C30H32O3/c1-9-31-27-14-12-24(13-15-27)30(8,25-16-20(4)28(32-10-2)21(5)17-25)26-18-22(6)29(33-11-3)23(7)19-26/h9-19H,1-3H2,4-8H3. The van der Waals surface area contributed by atoms with Crippen LogP contribution >= 0.6 is 0 Å². The minimum atomic E-state index is -0.433. The second-order valence-corrected chi connectivity index (χ2v) is 8.38. The molecule has 0 atom stereocenters. The van der Waals surface area contributed by atoms with Gasteiger partial charge in [0.15, 0.2) is 0 Å². The molecule has 3 rings (SSSR count). The predicted molar refractivity (Wildman–Crippen MR) is 136 cm³/mol. The van der Waals surface area contributed by atoms with Crippen molar-refractivity contribution in [3.63, 3.8) is 0 Å². The minimum absolute atomic E-state index is 0.433. The lowest BCUT2D eigenvalue weighted by atomic mass is 9.69. The maximum absolute atomic E-state index is 5.68. The summed E-state index contributed by atoms with van der Waals surface area (Å²) in [5.74, 6) is 2.43. The van der Waals surface area contributed by atoms with E-state index in [0.29, 0.717) is 0 Å². The van der Waals surface area contributed by atoms with Gasteiger partial charge in [0, 0.05) is 5.41 Å². The summed E-state index contributed by atoms with van der Waals surface area (Å²) >= 11 is 0. The zero-order valence-electron chi connectivity index (χ0n) is 20.2. The molecule has 0 aliphatic rings. The zero-order valence-corrected chi connectivity index (χ0v) is 20.2. The number of aryl methyl sites for hydroxylation is 4. The summed E-state index contributed by atoms with van der Waals surface area (Å²) in [6.07, 6.45) is 4.37. The molecule has 0 saturated heterocycles. The second kappa shape index (κ2) is 9.83. The predicted octanol–water partition coefficient (Wildman–Crippen LogP) is 7.84. The molecule has 0 saturated carbocycles. The maximum Gasteiger partial charge on any atom is 0.132 e. The van der Waals surface area contributed by atoms with E-state index < -0.39 is 5.41 Å². The fraction of sp³-hybridized carbons (Fsp3) is 0.200. The number of benzene rings is 3. The molecule has 0 N–H and O–H groups in total. The molecule has 33 heavy (non-hydrogen) atoms. The highest BCUT2D eigenvalue weighted by atomic mass is 16.5. The van der Waals surface area contributed by atoms with Crippen molar-refractivity contribution in [3.8, 4) is 17.2 Å². The third-order valence-corrected chi connectivity index (χ3v) is 6.13. The van der Waals surface area contributed by atoms with Gasteiger partial charge in [0.25, 0.3) is 0 Å². The van der Waals surface area contributed by atoms with Gasteiger partial charge in [-0.3, -0.25) is 0 Å². The fourth-order valence-electron chi connectivity index (χ4n) is 4.48. The highest BCUT2D eigenvalue weighted by Gasteiger charge is 2.33. The van der Waals surface area contributed by atoms with E-state index in [2.05, 4.69) is 90.8 Å². The first-order valence-corrected chi connectivity index (χ1v) is 10.9. The van der Waals surface area contributed by atoms with Gasteiger partial charge in [-0.25, -0.2) is 0 Å². The van der Waals surface area contributed by atoms with Gasteiger partial charge in [-0.05, 0) is 85.7 Å². The van der Waals surface area contributed by atoms with Crippen LogP contribution in [-0.4, -0.2) is 0 Å². The maximum atomic E-state index is 5.68. The Hall–Kier alpha value is -3.72. The van der Waals surface area contributed by atoms with Crippen molar-refractivity contribution in [1.29, 1.82) is 0 Å². The van der Waals surface area contributed by atoms with E-state index in [9.17, 15) is 0 Å². The van der Waals surface area contributed by atoms with E-state index >= 15 is 0 Å². The van der Waals surface area contributed by atoms with Gasteiger partial charge >= 0.3 is 0 Å². The van der Waals surface area contributed by atoms with E-state index in [4.69, 9.17) is 14.2 Å². The van der Waals surface area contributed by atoms with Crippen molar-refractivity contribution in [2.24, 2.45) is 0 Å². The van der Waals surface area contributed by atoms with Gasteiger partial charge < -0.3 is 14.2 Å². The summed E-state index contributed by atoms with van der Waals surface area (Å²) in [4.78, 5) is 0. The number of rotatable bonds is 9. The molecule has 0 unspecified atom stereocenters. The van der Waals surface area contributed by atoms with Crippen molar-refractivity contribution in [1.82, 2.24) is 0 Å². The lowest BCUT2D eigenvalue weighted by molar-refractivity contribution is 0.474. The third-order valence-electron chi connectivity index (χ3n) is 6.13. The molecule has 3 heteroatoms. The minimum Gasteiger partial charge on any atom is -0.466 e. The Morgan fingerprint density at radius 2 is 0.939 bits per heavy atom. The fourth-order valence-corrected chi connectivity index (χ4v) is 4.48. The molecule has 0 aliphatic carbocycles. The molecular weight excluding hydrogens is 408 g/mol. The van der Waals surface area contributed by atoms with Crippen molar-refractivity contribution in [2.75, 3.05) is 0 Å². The highest BCUT2D eigenvalue weighted by molar-refractivity contribution is 5.58. The van der Waals surface area contributed by atoms with Crippen LogP contribution in [0.15, 0.2) is 87.1 Å². The quantitative estimate of drug-likeness (QED) is 0.250. The van der Waals surface area contributed by atoms with Gasteiger partial charge in [0.05, 0.1) is 18.8 Å². The molecule has 0 spiro atoms. The molecule has 0 bridgehead atoms. The number of hydrogen-bond acceptors (Lipinski definition) is 3. The van der Waals surface area contributed by atoms with Gasteiger partial charge in [0.1, 0.15) is 17.2 Å². The molecule has 3 aromatic carbocycles. The summed E-state index contributed by atoms with van der Waals surface area (Å²) in [6, 6.07) is 16.9. The Morgan fingerprint density at radius 3 is 1.27 bits per heavy atom. The van der Waals surface area contributed by atoms with Crippen molar-refractivity contribution in [3.05, 3.63) is 126 Å². The normalized spacial score (nSPS) is 10.9. The van der Waals surface area contributed by atoms with Crippen LogP contribution in [0.5, 0.6) is 17.2 Å². The van der Waals surface area contributed by atoms with E-state index in [-0.39, 0.29) is 0 Å². The van der Waals surface area contributed by atoms with Crippen LogP contribution in [0.2, 0.25) is 0 Å². The first-order chi connectivity index (χ1) is 15.8. The largest absolute Gasteiger partial charge is 0.466 e. The lowest BCUT2D eigenvalue weighted by Crippen LogP contribution is -2.26.